The van der Waals surface area contributed by atoms with Gasteiger partial charge in [-0.25, -0.2) is 14.8 Å². The zero-order valence-electron chi connectivity index (χ0n) is 10.9. The summed E-state index contributed by atoms with van der Waals surface area (Å²) in [6, 6.07) is 0. The lowest BCUT2D eigenvalue weighted by molar-refractivity contribution is 0.142. The van der Waals surface area contributed by atoms with E-state index in [4.69, 9.17) is 5.11 Å². The molecule has 2 aromatic rings. The van der Waals surface area contributed by atoms with Crippen molar-refractivity contribution in [1.29, 1.82) is 0 Å². The average molecular weight is 309 g/mol. The van der Waals surface area contributed by atoms with Crippen LogP contribution in [0.4, 0.5) is 4.79 Å². The average Bonchev–Trinajstić information content (AvgIpc) is 2.47. The van der Waals surface area contributed by atoms with Gasteiger partial charge in [0, 0.05) is 12.7 Å². The van der Waals surface area contributed by atoms with Crippen LogP contribution in [0.1, 0.15) is 0 Å². The molecule has 9 heteroatoms. The van der Waals surface area contributed by atoms with Gasteiger partial charge in [-0.3, -0.25) is 9.36 Å². The molecule has 0 saturated carbocycles. The van der Waals surface area contributed by atoms with E-state index in [1.807, 2.05) is 0 Å². The maximum absolute atomic E-state index is 12.2. The van der Waals surface area contributed by atoms with E-state index in [0.717, 1.165) is 4.57 Å². The third-order valence-corrected chi connectivity index (χ3v) is 3.16. The maximum atomic E-state index is 12.2. The predicted octanol–water partition coefficient (Wildman–Crippen LogP) is 1.46. The zero-order valence-corrected chi connectivity index (χ0v) is 11.8. The smallest absolute Gasteiger partial charge is 0.504 e. The molecule has 0 amide bonds. The van der Waals surface area contributed by atoms with Crippen LogP contribution in [0.25, 0.3) is 11.0 Å². The molecule has 0 spiro atoms. The van der Waals surface area contributed by atoms with Crippen LogP contribution in [0.5, 0.6) is 11.5 Å². The van der Waals surface area contributed by atoms with Crippen molar-refractivity contribution in [3.8, 4) is 11.5 Å². The fourth-order valence-electron chi connectivity index (χ4n) is 1.75. The highest BCUT2D eigenvalue weighted by atomic mass is 32.2. The molecule has 0 aliphatic heterocycles. The molecule has 0 radical (unpaired) electrons. The standard InChI is InChI=1S/C12H11N3O5S/c1-3-4-15-9-6(5-13-11(14-9)21-2)7(16)8(10(15)17)20-12(18)19/h3,5,16H,1,4H2,2H3,(H,18,19). The first-order valence-electron chi connectivity index (χ1n) is 5.67. The van der Waals surface area contributed by atoms with E-state index in [1.165, 1.54) is 24.0 Å². The summed E-state index contributed by atoms with van der Waals surface area (Å²) < 4.78 is 5.52. The Labute approximate surface area is 122 Å². The highest BCUT2D eigenvalue weighted by molar-refractivity contribution is 7.98. The Morgan fingerprint density at radius 1 is 1.62 bits per heavy atom. The quantitative estimate of drug-likeness (QED) is 0.377. The summed E-state index contributed by atoms with van der Waals surface area (Å²) >= 11 is 1.27. The number of pyridine rings is 1. The molecule has 8 nitrogen and oxygen atoms in total. The molecule has 2 heterocycles. The molecule has 2 N–H and O–H groups in total. The molecule has 0 atom stereocenters. The Balaban J connectivity index is 2.87. The van der Waals surface area contributed by atoms with Crippen molar-refractivity contribution in [3.63, 3.8) is 0 Å². The number of ether oxygens (including phenoxy) is 1. The monoisotopic (exact) mass is 309 g/mol. The first-order chi connectivity index (χ1) is 9.99. The summed E-state index contributed by atoms with van der Waals surface area (Å²) in [7, 11) is 0. The summed E-state index contributed by atoms with van der Waals surface area (Å²) in [5, 5.41) is 19.2. The van der Waals surface area contributed by atoms with E-state index in [2.05, 4.69) is 21.3 Å². The number of aromatic nitrogens is 3. The van der Waals surface area contributed by atoms with E-state index in [9.17, 15) is 14.7 Å². The van der Waals surface area contributed by atoms with Crippen LogP contribution in [0.3, 0.4) is 0 Å². The molecule has 21 heavy (non-hydrogen) atoms. The largest absolute Gasteiger partial charge is 0.511 e. The van der Waals surface area contributed by atoms with Crippen molar-refractivity contribution in [2.24, 2.45) is 0 Å². The highest BCUT2D eigenvalue weighted by Crippen LogP contribution is 2.30. The Morgan fingerprint density at radius 3 is 2.90 bits per heavy atom. The Morgan fingerprint density at radius 2 is 2.33 bits per heavy atom. The second-order valence-corrected chi connectivity index (χ2v) is 4.62. The predicted molar refractivity (Wildman–Crippen MR) is 76.1 cm³/mol. The Kier molecular flexibility index (Phi) is 4.13. The van der Waals surface area contributed by atoms with Gasteiger partial charge in [-0.15, -0.1) is 6.58 Å². The molecule has 0 bridgehead atoms. The molecule has 2 rings (SSSR count). The molecule has 0 aliphatic carbocycles. The van der Waals surface area contributed by atoms with Gasteiger partial charge in [-0.2, -0.15) is 0 Å². The van der Waals surface area contributed by atoms with Crippen molar-refractivity contribution in [1.82, 2.24) is 14.5 Å². The van der Waals surface area contributed by atoms with Crippen molar-refractivity contribution >= 4 is 29.0 Å². The third-order valence-electron chi connectivity index (χ3n) is 2.60. The van der Waals surface area contributed by atoms with Crippen LogP contribution in [0.15, 0.2) is 28.8 Å². The maximum Gasteiger partial charge on any atom is 0.511 e. The van der Waals surface area contributed by atoms with Gasteiger partial charge < -0.3 is 14.9 Å². The number of thioether (sulfide) groups is 1. The van der Waals surface area contributed by atoms with E-state index >= 15 is 0 Å². The normalized spacial score (nSPS) is 10.5. The van der Waals surface area contributed by atoms with Crippen LogP contribution in [0, 0.1) is 0 Å². The van der Waals surface area contributed by atoms with Crippen molar-refractivity contribution in [2.75, 3.05) is 6.26 Å². The van der Waals surface area contributed by atoms with Gasteiger partial charge in [-0.1, -0.05) is 17.8 Å². The molecule has 2 aromatic heterocycles. The van der Waals surface area contributed by atoms with Gasteiger partial charge in [0.25, 0.3) is 5.56 Å². The number of carboxylic acid groups (broad SMARTS) is 1. The number of hydrogen-bond acceptors (Lipinski definition) is 7. The Hall–Kier alpha value is -2.55. The molecule has 0 aliphatic rings. The molecule has 110 valence electrons. The number of carbonyl (C=O) groups is 1. The van der Waals surface area contributed by atoms with E-state index < -0.39 is 23.2 Å². The van der Waals surface area contributed by atoms with Gasteiger partial charge in [0.1, 0.15) is 0 Å². The van der Waals surface area contributed by atoms with Gasteiger partial charge in [0.2, 0.25) is 5.75 Å². The molecule has 0 unspecified atom stereocenters. The highest BCUT2D eigenvalue weighted by Gasteiger charge is 2.21. The fourth-order valence-corrected chi connectivity index (χ4v) is 2.08. The molecule has 0 fully saturated rings. The van der Waals surface area contributed by atoms with Gasteiger partial charge in [0.05, 0.1) is 5.39 Å². The van der Waals surface area contributed by atoms with Gasteiger partial charge >= 0.3 is 6.16 Å². The second kappa shape index (κ2) is 5.83. The topological polar surface area (TPSA) is 115 Å². The third kappa shape index (κ3) is 2.68. The van der Waals surface area contributed by atoms with E-state index in [0.29, 0.717) is 5.16 Å². The summed E-state index contributed by atoms with van der Waals surface area (Å²) in [6.45, 7) is 3.61. The molecular weight excluding hydrogens is 298 g/mol. The van der Waals surface area contributed by atoms with Crippen LogP contribution in [-0.4, -0.2) is 37.2 Å². The van der Waals surface area contributed by atoms with Crippen LogP contribution >= 0.6 is 11.8 Å². The minimum atomic E-state index is -1.70. The molecular formula is C12H11N3O5S. The lowest BCUT2D eigenvalue weighted by Crippen LogP contribution is -2.24. The SMILES string of the molecule is C=CCn1c(=O)c(OC(=O)O)c(O)c2cnc(SC)nc21. The number of aromatic hydroxyl groups is 1. The molecule has 0 saturated heterocycles. The first-order valence-corrected chi connectivity index (χ1v) is 6.90. The van der Waals surface area contributed by atoms with Crippen molar-refractivity contribution in [3.05, 3.63) is 29.2 Å². The number of rotatable bonds is 4. The summed E-state index contributed by atoms with van der Waals surface area (Å²) in [6.07, 6.45) is 2.81. The summed E-state index contributed by atoms with van der Waals surface area (Å²) in [5.41, 5.74) is -0.637. The lowest BCUT2D eigenvalue weighted by atomic mass is 10.3. The lowest BCUT2D eigenvalue weighted by Gasteiger charge is -2.12. The minimum Gasteiger partial charge on any atom is -0.504 e. The zero-order chi connectivity index (χ0) is 15.6. The van der Waals surface area contributed by atoms with E-state index in [-0.39, 0.29) is 17.6 Å². The Bertz CT molecular complexity index is 787. The van der Waals surface area contributed by atoms with E-state index in [1.54, 1.807) is 6.26 Å². The van der Waals surface area contributed by atoms with Crippen LogP contribution in [0.2, 0.25) is 0 Å². The number of hydrogen-bond donors (Lipinski definition) is 2. The molecule has 0 aromatic carbocycles. The number of fused-ring (bicyclic) bond motifs is 1. The number of allylic oxidation sites excluding steroid dienone is 1. The fraction of sp³-hybridized carbons (Fsp3) is 0.167. The first kappa shape index (κ1) is 14.9. The van der Waals surface area contributed by atoms with Crippen LogP contribution < -0.4 is 10.3 Å². The van der Waals surface area contributed by atoms with Gasteiger partial charge in [0.15, 0.2) is 16.6 Å². The van der Waals surface area contributed by atoms with Gasteiger partial charge in [-0.05, 0) is 6.26 Å². The van der Waals surface area contributed by atoms with Crippen LogP contribution in [-0.2, 0) is 6.54 Å². The van der Waals surface area contributed by atoms with Crippen molar-refractivity contribution in [2.45, 2.75) is 11.7 Å². The summed E-state index contributed by atoms with van der Waals surface area (Å²) in [4.78, 5) is 31.0. The minimum absolute atomic E-state index is 0.0798. The second-order valence-electron chi connectivity index (χ2n) is 3.84. The number of nitrogens with zero attached hydrogens (tertiary/aromatic N) is 3. The van der Waals surface area contributed by atoms with Crippen molar-refractivity contribution < 1.29 is 19.7 Å². The summed E-state index contributed by atoms with van der Waals surface area (Å²) in [5.74, 6) is -1.29.